The molecule has 1 atom stereocenters. The predicted octanol–water partition coefficient (Wildman–Crippen LogP) is 12.7. The van der Waals surface area contributed by atoms with Gasteiger partial charge in [0, 0.05) is 44.3 Å². The Balaban J connectivity index is 0.00000593. The van der Waals surface area contributed by atoms with Crippen molar-refractivity contribution < 1.29 is 44.1 Å². The molecule has 0 aliphatic rings. The average molecular weight is 954 g/mol. The molecule has 59 heavy (non-hydrogen) atoms. The van der Waals surface area contributed by atoms with E-state index in [1.165, 1.54) is 5.56 Å². The Morgan fingerprint density at radius 1 is 0.661 bits per heavy atom. The van der Waals surface area contributed by atoms with Crippen LogP contribution in [0.5, 0.6) is 11.5 Å². The van der Waals surface area contributed by atoms with E-state index in [0.717, 1.165) is 27.6 Å². The van der Waals surface area contributed by atoms with Gasteiger partial charge in [-0.15, -0.1) is 29.7 Å². The molecular formula is C53H40N4OPt-2. The van der Waals surface area contributed by atoms with Crippen LogP contribution in [0.2, 0.25) is 0 Å². The van der Waals surface area contributed by atoms with E-state index >= 15 is 0 Å². The van der Waals surface area contributed by atoms with Gasteiger partial charge in [-0.05, 0) is 68.9 Å². The van der Waals surface area contributed by atoms with Crippen LogP contribution in [0.15, 0.2) is 176 Å². The minimum atomic E-state index is -0.570. The first-order valence-electron chi connectivity index (χ1n) is 24.0. The number of hydrogen-bond acceptors (Lipinski definition) is 2. The molecule has 0 saturated carbocycles. The summed E-state index contributed by atoms with van der Waals surface area (Å²) >= 11 is 0. The predicted molar refractivity (Wildman–Crippen MR) is 234 cm³/mol. The second-order valence-electron chi connectivity index (χ2n) is 14.4. The minimum absolute atomic E-state index is 0. The summed E-state index contributed by atoms with van der Waals surface area (Å²) in [5, 5.41) is 2.04. The van der Waals surface area contributed by atoms with Crippen molar-refractivity contribution >= 4 is 32.8 Å². The van der Waals surface area contributed by atoms with Gasteiger partial charge >= 0.3 is 0 Å². The number of ether oxygens (including phenoxy) is 1. The van der Waals surface area contributed by atoms with Crippen LogP contribution in [-0.2, 0) is 21.1 Å². The molecule has 290 valence electrons. The van der Waals surface area contributed by atoms with E-state index in [9.17, 15) is 0 Å². The number of aromatic nitrogens is 4. The van der Waals surface area contributed by atoms with Crippen molar-refractivity contribution in [2.75, 3.05) is 0 Å². The number of para-hydroxylation sites is 4. The minimum Gasteiger partial charge on any atom is -0.510 e. The maximum Gasteiger partial charge on any atom is 0.268 e. The van der Waals surface area contributed by atoms with Gasteiger partial charge in [-0.3, -0.25) is 4.57 Å². The summed E-state index contributed by atoms with van der Waals surface area (Å²) < 4.78 is 98.7. The van der Waals surface area contributed by atoms with Crippen LogP contribution in [0.25, 0.3) is 72.3 Å². The molecule has 1 unspecified atom stereocenters. The molecule has 0 saturated heterocycles. The average Bonchev–Trinajstić information content (AvgIpc) is 3.90. The molecule has 0 bridgehead atoms. The van der Waals surface area contributed by atoms with Gasteiger partial charge in [-0.2, -0.15) is 18.2 Å². The zero-order valence-electron chi connectivity index (χ0n) is 42.1. The van der Waals surface area contributed by atoms with Crippen molar-refractivity contribution in [3.05, 3.63) is 200 Å². The zero-order valence-corrected chi connectivity index (χ0v) is 34.4. The van der Waals surface area contributed by atoms with Gasteiger partial charge in [-0.1, -0.05) is 147 Å². The molecule has 0 spiro atoms. The topological polar surface area (TPSA) is 35.9 Å². The molecule has 0 amide bonds. The molecule has 5 nitrogen and oxygen atoms in total. The normalized spacial score (nSPS) is 14.3. The summed E-state index contributed by atoms with van der Waals surface area (Å²) in [6.07, 6.45) is 5.25. The Labute approximate surface area is 373 Å². The summed E-state index contributed by atoms with van der Waals surface area (Å²) in [4.78, 5) is 4.82. The van der Waals surface area contributed by atoms with Gasteiger partial charge in [0.25, 0.3) is 6.33 Å². The molecule has 0 radical (unpaired) electrons. The van der Waals surface area contributed by atoms with Crippen molar-refractivity contribution in [1.29, 1.82) is 0 Å². The van der Waals surface area contributed by atoms with Crippen LogP contribution in [0.3, 0.4) is 0 Å². The number of pyridine rings is 1. The second kappa shape index (κ2) is 16.0. The van der Waals surface area contributed by atoms with Crippen molar-refractivity contribution in [2.24, 2.45) is 5.92 Å². The summed E-state index contributed by atoms with van der Waals surface area (Å²) in [6, 6.07) is 35.4. The van der Waals surface area contributed by atoms with Crippen LogP contribution in [0.1, 0.15) is 46.0 Å². The van der Waals surface area contributed by atoms with Crippen LogP contribution in [0.4, 0.5) is 0 Å². The molecular weight excluding hydrogens is 904 g/mol. The Bertz CT molecular complexity index is 3560. The molecule has 3 aromatic heterocycles. The molecule has 3 heterocycles. The number of imidazole rings is 1. The van der Waals surface area contributed by atoms with Gasteiger partial charge in [0.2, 0.25) is 0 Å². The number of rotatable bonds is 9. The fourth-order valence-corrected chi connectivity index (χ4v) is 7.50. The van der Waals surface area contributed by atoms with Crippen LogP contribution in [-0.4, -0.2) is 14.1 Å². The van der Waals surface area contributed by atoms with E-state index in [4.69, 9.17) is 23.4 Å². The van der Waals surface area contributed by atoms with Gasteiger partial charge in [0.05, 0.1) is 30.4 Å². The maximum absolute atomic E-state index is 8.99. The van der Waals surface area contributed by atoms with Gasteiger partial charge in [0.1, 0.15) is 5.82 Å². The number of nitrogens with zero attached hydrogens (tertiary/aromatic N) is 4. The first kappa shape index (κ1) is 28.0. The van der Waals surface area contributed by atoms with Gasteiger partial charge < -0.3 is 13.9 Å². The number of fused-ring (bicyclic) bond motifs is 4. The number of hydrogen-bond donors (Lipinski definition) is 0. The summed E-state index contributed by atoms with van der Waals surface area (Å²) in [7, 11) is 0. The fraction of sp³-hybridized carbons (Fsp3) is 0.0943. The van der Waals surface area contributed by atoms with Crippen LogP contribution < -0.4 is 9.30 Å². The SMILES string of the molecule is [2H]c1c([2H])c([2H])c(-c2cccc(-c3c([2H])c([2H])c([2H])c([2H])c3[2H])c2-[n+]2[c-]n(-c3[c-]c(Oc4[c-]c5c(cc4)c4ccccc4n5-c4cc(C(C)C(C)C)ccn4)ccc3)c3ccccc32)c([2H])c1[2H].[Pt]. The molecule has 10 rings (SSSR count). The van der Waals surface area contributed by atoms with Crippen molar-refractivity contribution in [2.45, 2.75) is 26.7 Å². The third kappa shape index (κ3) is 6.96. The largest absolute Gasteiger partial charge is 0.510 e. The Kier molecular flexibility index (Phi) is 7.59. The monoisotopic (exact) mass is 953 g/mol. The smallest absolute Gasteiger partial charge is 0.268 e. The van der Waals surface area contributed by atoms with E-state index < -0.39 is 60.4 Å². The van der Waals surface area contributed by atoms with E-state index in [1.807, 2.05) is 60.8 Å². The zero-order chi connectivity index (χ0) is 47.9. The third-order valence-corrected chi connectivity index (χ3v) is 10.7. The third-order valence-electron chi connectivity index (χ3n) is 10.7. The maximum atomic E-state index is 8.99. The molecule has 0 fully saturated rings. The Morgan fingerprint density at radius 3 is 2.05 bits per heavy atom. The second-order valence-corrected chi connectivity index (χ2v) is 14.4. The standard InChI is InChI=1S/C53H40N4O.Pt/c1-36(2)37(3)40-30-31-54-52(32-40)57-48-25-11-10-22-46(48)47-29-28-43(34-51(47)57)58-42-21-14-20-41(33-42)55-35-56(50-27-13-12-26-49(50)55)53-44(38-16-6-4-7-17-38)23-15-24-45(53)39-18-8-5-9-19-39;/h4-32,36-37H,1-3H3;/q-2;/i4D,5D,6D,7D,8D,9D,16D,17D,18D,19D;. The van der Waals surface area contributed by atoms with E-state index in [2.05, 4.69) is 68.1 Å². The molecule has 10 aromatic rings. The van der Waals surface area contributed by atoms with Gasteiger partial charge in [-0.25, -0.2) is 4.98 Å². The summed E-state index contributed by atoms with van der Waals surface area (Å²) in [5.74, 6) is 2.34. The first-order chi connectivity index (χ1) is 32.7. The molecule has 0 N–H and O–H groups in total. The quantitative estimate of drug-likeness (QED) is 0.107. The van der Waals surface area contributed by atoms with Crippen LogP contribution >= 0.6 is 0 Å². The van der Waals surface area contributed by atoms with E-state index in [0.29, 0.717) is 40.1 Å². The van der Waals surface area contributed by atoms with Crippen LogP contribution in [0, 0.1) is 24.4 Å². The Morgan fingerprint density at radius 2 is 1.32 bits per heavy atom. The fourth-order valence-electron chi connectivity index (χ4n) is 7.50. The van der Waals surface area contributed by atoms with Crippen molar-refractivity contribution in [3.63, 3.8) is 0 Å². The molecule has 0 aliphatic heterocycles. The van der Waals surface area contributed by atoms with Crippen molar-refractivity contribution in [1.82, 2.24) is 14.1 Å². The van der Waals surface area contributed by atoms with E-state index in [-0.39, 0.29) is 49.0 Å². The molecule has 0 aliphatic carbocycles. The van der Waals surface area contributed by atoms with Crippen molar-refractivity contribution in [3.8, 4) is 50.9 Å². The number of benzene rings is 7. The summed E-state index contributed by atoms with van der Waals surface area (Å²) in [5.41, 5.74) is 4.80. The van der Waals surface area contributed by atoms with Gasteiger partial charge in [0.15, 0.2) is 0 Å². The molecule has 7 aromatic carbocycles. The summed E-state index contributed by atoms with van der Waals surface area (Å²) in [6.45, 7) is 6.64. The van der Waals surface area contributed by atoms with E-state index in [1.54, 1.807) is 39.5 Å². The molecule has 6 heteroatoms. The first-order valence-corrected chi connectivity index (χ1v) is 19.0. The Hall–Kier alpha value is -6.55.